The average molecular weight is 347 g/mol. The van der Waals surface area contributed by atoms with Crippen LogP contribution in [0.1, 0.15) is 48.5 Å². The number of carbonyl (C=O) groups is 2. The Morgan fingerprint density at radius 3 is 2.44 bits per heavy atom. The van der Waals surface area contributed by atoms with Gasteiger partial charge in [-0.3, -0.25) is 4.79 Å². The monoisotopic (exact) mass is 347 g/mol. The highest BCUT2D eigenvalue weighted by Gasteiger charge is 2.17. The van der Waals surface area contributed by atoms with Gasteiger partial charge in [0.2, 0.25) is 0 Å². The normalized spacial score (nSPS) is 11.2. The third kappa shape index (κ3) is 5.41. The summed E-state index contributed by atoms with van der Waals surface area (Å²) < 4.78 is 12.6. The molecule has 2 aromatic rings. The summed E-state index contributed by atoms with van der Waals surface area (Å²) in [5.74, 6) is 0.375. The molecule has 0 atom stereocenters. The molecule has 2 amide bonds. The number of amides is 2. The van der Waals surface area contributed by atoms with Crippen molar-refractivity contribution in [2.75, 3.05) is 0 Å². The van der Waals surface area contributed by atoms with Crippen molar-refractivity contribution < 1.29 is 18.7 Å². The molecule has 2 rings (SSSR count). The Morgan fingerprint density at radius 2 is 1.84 bits per heavy atom. The summed E-state index contributed by atoms with van der Waals surface area (Å²) in [6, 6.07) is 7.19. The molecule has 0 bridgehead atoms. The Balaban J connectivity index is 1.84. The van der Waals surface area contributed by atoms with E-state index in [1.54, 1.807) is 32.9 Å². The Bertz CT molecular complexity index is 753. The maximum atomic E-state index is 12.1. The molecule has 0 aromatic carbocycles. The molecule has 25 heavy (non-hydrogen) atoms. The lowest BCUT2D eigenvalue weighted by atomic mass is 10.2. The largest absolute Gasteiger partial charge is 0.454 e. The highest BCUT2D eigenvalue weighted by molar-refractivity contribution is 5.91. The molecule has 0 aliphatic heterocycles. The van der Waals surface area contributed by atoms with Crippen LogP contribution in [0.25, 0.3) is 0 Å². The van der Waals surface area contributed by atoms with Crippen LogP contribution < -0.4 is 10.6 Å². The van der Waals surface area contributed by atoms with Gasteiger partial charge >= 0.3 is 6.09 Å². The maximum absolute atomic E-state index is 12.1. The van der Waals surface area contributed by atoms with E-state index in [1.165, 1.54) is 0 Å². The second-order valence-electron chi connectivity index (χ2n) is 6.83. The van der Waals surface area contributed by atoms with Crippen LogP contribution in [-0.2, 0) is 24.9 Å². The highest BCUT2D eigenvalue weighted by Crippen LogP contribution is 2.10. The van der Waals surface area contributed by atoms with Crippen molar-refractivity contribution in [1.29, 1.82) is 0 Å². The van der Waals surface area contributed by atoms with Crippen molar-refractivity contribution in [3.05, 3.63) is 47.2 Å². The summed E-state index contributed by atoms with van der Waals surface area (Å²) in [6.07, 6.45) is -0.533. The van der Waals surface area contributed by atoms with E-state index in [9.17, 15) is 9.59 Å². The summed E-state index contributed by atoms with van der Waals surface area (Å²) in [7, 11) is 1.95. The molecule has 136 valence electrons. The first-order valence-electron chi connectivity index (χ1n) is 8.10. The van der Waals surface area contributed by atoms with Crippen LogP contribution >= 0.6 is 0 Å². The number of nitrogens with one attached hydrogen (secondary N) is 2. The van der Waals surface area contributed by atoms with E-state index in [4.69, 9.17) is 9.15 Å². The fraction of sp³-hybridized carbons (Fsp3) is 0.444. The van der Waals surface area contributed by atoms with Crippen LogP contribution in [0.3, 0.4) is 0 Å². The lowest BCUT2D eigenvalue weighted by Crippen LogP contribution is -2.32. The summed E-state index contributed by atoms with van der Waals surface area (Å²) in [4.78, 5) is 23.8. The minimum Gasteiger partial charge on any atom is -0.454 e. The van der Waals surface area contributed by atoms with E-state index in [0.717, 1.165) is 11.4 Å². The minimum absolute atomic E-state index is 0.152. The van der Waals surface area contributed by atoms with Gasteiger partial charge in [-0.15, -0.1) is 0 Å². The molecule has 0 spiro atoms. The predicted molar refractivity (Wildman–Crippen MR) is 93.1 cm³/mol. The number of hydrogen-bond donors (Lipinski definition) is 2. The van der Waals surface area contributed by atoms with Gasteiger partial charge in [0.15, 0.2) is 5.76 Å². The van der Waals surface area contributed by atoms with Crippen molar-refractivity contribution >= 4 is 12.0 Å². The van der Waals surface area contributed by atoms with Crippen LogP contribution in [0.4, 0.5) is 4.79 Å². The number of rotatable bonds is 5. The average Bonchev–Trinajstić information content (AvgIpc) is 3.10. The standard InChI is InChI=1S/C18H25N3O4/c1-12-6-7-13(21(12)5)10-19-16(22)15-9-8-14(24-15)11-20-17(23)25-18(2,3)4/h6-9H,10-11H2,1-5H3,(H,19,22)(H,20,23). The molecule has 0 unspecified atom stereocenters. The van der Waals surface area contributed by atoms with Gasteiger partial charge in [-0.25, -0.2) is 4.79 Å². The third-order valence-electron chi connectivity index (χ3n) is 3.60. The lowest BCUT2D eigenvalue weighted by Gasteiger charge is -2.19. The number of hydrogen-bond acceptors (Lipinski definition) is 4. The van der Waals surface area contributed by atoms with Gasteiger partial charge in [-0.1, -0.05) is 0 Å². The molecule has 0 saturated carbocycles. The van der Waals surface area contributed by atoms with Crippen LogP contribution in [-0.4, -0.2) is 22.2 Å². The van der Waals surface area contributed by atoms with E-state index in [2.05, 4.69) is 10.6 Å². The van der Waals surface area contributed by atoms with Gasteiger partial charge in [0.25, 0.3) is 5.91 Å². The first-order valence-corrected chi connectivity index (χ1v) is 8.10. The van der Waals surface area contributed by atoms with E-state index >= 15 is 0 Å². The quantitative estimate of drug-likeness (QED) is 0.871. The highest BCUT2D eigenvalue weighted by atomic mass is 16.6. The van der Waals surface area contributed by atoms with Gasteiger partial charge in [0.05, 0.1) is 13.1 Å². The molecular weight excluding hydrogens is 322 g/mol. The summed E-state index contributed by atoms with van der Waals surface area (Å²) in [5.41, 5.74) is 1.56. The van der Waals surface area contributed by atoms with Gasteiger partial charge < -0.3 is 24.4 Å². The van der Waals surface area contributed by atoms with Gasteiger partial charge in [-0.2, -0.15) is 0 Å². The molecule has 2 aromatic heterocycles. The number of alkyl carbamates (subject to hydrolysis) is 1. The molecule has 0 aliphatic carbocycles. The fourth-order valence-electron chi connectivity index (χ4n) is 2.17. The molecular formula is C18H25N3O4. The van der Waals surface area contributed by atoms with E-state index < -0.39 is 11.7 Å². The molecule has 0 fully saturated rings. The maximum Gasteiger partial charge on any atom is 0.408 e. The van der Waals surface area contributed by atoms with Crippen LogP contribution in [0.2, 0.25) is 0 Å². The molecule has 7 nitrogen and oxygen atoms in total. The number of ether oxygens (including phenoxy) is 1. The topological polar surface area (TPSA) is 85.5 Å². The molecule has 0 saturated heterocycles. The number of aromatic nitrogens is 1. The summed E-state index contributed by atoms with van der Waals surface area (Å²) in [5, 5.41) is 5.40. The van der Waals surface area contributed by atoms with Gasteiger partial charge in [-0.05, 0) is 52.0 Å². The first kappa shape index (κ1) is 18.6. The molecule has 2 N–H and O–H groups in total. The van der Waals surface area contributed by atoms with Crippen LogP contribution in [0.5, 0.6) is 0 Å². The third-order valence-corrected chi connectivity index (χ3v) is 3.60. The second-order valence-corrected chi connectivity index (χ2v) is 6.83. The minimum atomic E-state index is -0.562. The first-order chi connectivity index (χ1) is 11.7. The Morgan fingerprint density at radius 1 is 1.12 bits per heavy atom. The molecule has 0 radical (unpaired) electrons. The van der Waals surface area contributed by atoms with Gasteiger partial charge in [0, 0.05) is 18.4 Å². The Kier molecular flexibility index (Phi) is 5.56. The van der Waals surface area contributed by atoms with E-state index in [1.807, 2.05) is 30.7 Å². The second kappa shape index (κ2) is 7.46. The van der Waals surface area contributed by atoms with Crippen molar-refractivity contribution in [3.63, 3.8) is 0 Å². The van der Waals surface area contributed by atoms with E-state index in [-0.39, 0.29) is 18.2 Å². The zero-order valence-corrected chi connectivity index (χ0v) is 15.3. The number of furan rings is 1. The summed E-state index contributed by atoms with van der Waals surface area (Å²) in [6.45, 7) is 7.93. The molecule has 0 aliphatic rings. The number of aryl methyl sites for hydroxylation is 1. The fourth-order valence-corrected chi connectivity index (χ4v) is 2.17. The molecule has 7 heteroatoms. The van der Waals surface area contributed by atoms with Crippen molar-refractivity contribution in [2.45, 2.75) is 46.4 Å². The van der Waals surface area contributed by atoms with E-state index in [0.29, 0.717) is 12.3 Å². The number of carbonyl (C=O) groups excluding carboxylic acids is 2. The Labute approximate surface area is 147 Å². The predicted octanol–water partition coefficient (Wildman–Crippen LogP) is 2.88. The zero-order valence-electron chi connectivity index (χ0n) is 15.3. The zero-order chi connectivity index (χ0) is 18.6. The number of nitrogens with zero attached hydrogens (tertiary/aromatic N) is 1. The van der Waals surface area contributed by atoms with Crippen molar-refractivity contribution in [3.8, 4) is 0 Å². The lowest BCUT2D eigenvalue weighted by molar-refractivity contribution is 0.0520. The smallest absolute Gasteiger partial charge is 0.408 e. The SMILES string of the molecule is Cc1ccc(CNC(=O)c2ccc(CNC(=O)OC(C)(C)C)o2)n1C. The van der Waals surface area contributed by atoms with Crippen molar-refractivity contribution in [2.24, 2.45) is 7.05 Å². The van der Waals surface area contributed by atoms with Gasteiger partial charge in [0.1, 0.15) is 11.4 Å². The van der Waals surface area contributed by atoms with Crippen LogP contribution in [0.15, 0.2) is 28.7 Å². The Hall–Kier alpha value is -2.70. The van der Waals surface area contributed by atoms with Crippen LogP contribution in [0, 0.1) is 6.92 Å². The van der Waals surface area contributed by atoms with Crippen molar-refractivity contribution in [1.82, 2.24) is 15.2 Å². The molecule has 2 heterocycles. The summed E-state index contributed by atoms with van der Waals surface area (Å²) >= 11 is 0.